The van der Waals surface area contributed by atoms with E-state index in [0.29, 0.717) is 0 Å². The van der Waals surface area contributed by atoms with Crippen LogP contribution < -0.4 is 0 Å². The van der Waals surface area contributed by atoms with Gasteiger partial charge in [-0.2, -0.15) is 0 Å². The third kappa shape index (κ3) is 6.26. The summed E-state index contributed by atoms with van der Waals surface area (Å²) < 4.78 is 0. The summed E-state index contributed by atoms with van der Waals surface area (Å²) in [5.41, 5.74) is -0.764. The Morgan fingerprint density at radius 3 is 1.57 bits per heavy atom. The van der Waals surface area contributed by atoms with E-state index in [9.17, 15) is 9.90 Å². The van der Waals surface area contributed by atoms with E-state index < -0.39 is 5.41 Å². The van der Waals surface area contributed by atoms with Crippen LogP contribution >= 0.6 is 0 Å². The van der Waals surface area contributed by atoms with E-state index in [-0.39, 0.29) is 63.9 Å². The molecule has 0 aromatic rings. The smallest absolute Gasteiger partial charge is 0.164 e. The maximum absolute atomic E-state index is 11.5. The fourth-order valence-corrected chi connectivity index (χ4v) is 0.557. The predicted molar refractivity (Wildman–Crippen MR) is 54.6 cm³/mol. The van der Waals surface area contributed by atoms with Crippen molar-refractivity contribution in [3.8, 4) is 0 Å². The van der Waals surface area contributed by atoms with Crippen LogP contribution in [-0.4, -0.2) is 10.9 Å². The van der Waals surface area contributed by atoms with Crippen LogP contribution in [0.5, 0.6) is 0 Å². The van der Waals surface area contributed by atoms with Crippen LogP contribution in [0.15, 0.2) is 11.8 Å². The van der Waals surface area contributed by atoms with Crippen molar-refractivity contribution in [2.45, 2.75) is 41.5 Å². The van der Waals surface area contributed by atoms with Gasteiger partial charge in [-0.05, 0) is 0 Å². The number of carbonyl (C=O) groups is 1. The Morgan fingerprint density at radius 1 is 1.00 bits per heavy atom. The summed E-state index contributed by atoms with van der Waals surface area (Å²) in [6, 6.07) is 0. The summed E-state index contributed by atoms with van der Waals surface area (Å²) in [4.78, 5) is 11.5. The van der Waals surface area contributed by atoms with Crippen molar-refractivity contribution in [3.63, 3.8) is 0 Å². The summed E-state index contributed by atoms with van der Waals surface area (Å²) in [6.45, 7) is 11.1. The third-order valence-electron chi connectivity index (χ3n) is 1.78. The van der Waals surface area contributed by atoms with E-state index in [1.54, 1.807) is 0 Å². The molecule has 1 N–H and O–H groups in total. The molecule has 0 atom stereocenters. The largest absolute Gasteiger partial charge is 0.512 e. The Kier molecular flexibility index (Phi) is 7.00. The summed E-state index contributed by atoms with van der Waals surface area (Å²) in [7, 11) is 0. The molecule has 0 rings (SSSR count). The van der Waals surface area contributed by atoms with Gasteiger partial charge in [-0.15, -0.1) is 0 Å². The Morgan fingerprint density at radius 2 is 1.36 bits per heavy atom. The van der Waals surface area contributed by atoms with Crippen LogP contribution in [0, 0.1) is 57.8 Å². The Hall–Kier alpha value is 0.729. The molecule has 0 aromatic carbocycles. The standard InChI is InChI=1S/C11H20O2.Yb/c1-10(2,3)8(12)7-9(13)11(4,5)6;/h7,12H,1-6H3;/b8-7-;. The van der Waals surface area contributed by atoms with Crippen molar-refractivity contribution in [1.82, 2.24) is 0 Å². The molecular formula is C11H20O2Yb. The first-order valence-corrected chi connectivity index (χ1v) is 4.51. The third-order valence-corrected chi connectivity index (χ3v) is 1.78. The normalized spacial score (nSPS) is 13.4. The fraction of sp³-hybridized carbons (Fsp3) is 0.727. The van der Waals surface area contributed by atoms with Crippen molar-refractivity contribution in [2.75, 3.05) is 0 Å². The molecule has 90 valence electrons. The average molecular weight is 357 g/mol. The molecule has 0 amide bonds. The van der Waals surface area contributed by atoms with Gasteiger partial charge >= 0.3 is 0 Å². The minimum atomic E-state index is -0.417. The van der Waals surface area contributed by atoms with E-state index in [1.807, 2.05) is 41.5 Å². The van der Waals surface area contributed by atoms with E-state index in [4.69, 9.17) is 0 Å². The molecule has 2 nitrogen and oxygen atoms in total. The van der Waals surface area contributed by atoms with Crippen molar-refractivity contribution < 1.29 is 56.8 Å². The maximum atomic E-state index is 11.5. The van der Waals surface area contributed by atoms with Crippen LogP contribution in [0.4, 0.5) is 0 Å². The number of hydrogen-bond donors (Lipinski definition) is 1. The number of aliphatic hydroxyl groups is 1. The average Bonchev–Trinajstić information content (AvgIpc) is 1.82. The zero-order valence-corrected chi connectivity index (χ0v) is 11.4. The molecule has 3 heteroatoms. The molecule has 0 bridgehead atoms. The number of rotatable bonds is 1. The number of allylic oxidation sites excluding steroid dienone is 2. The molecule has 0 aromatic heterocycles. The molecule has 0 saturated carbocycles. The van der Waals surface area contributed by atoms with Crippen LogP contribution in [0.1, 0.15) is 41.5 Å². The van der Waals surface area contributed by atoms with E-state index >= 15 is 0 Å². The topological polar surface area (TPSA) is 37.3 Å². The summed E-state index contributed by atoms with van der Waals surface area (Å²) in [5, 5.41) is 9.56. The van der Waals surface area contributed by atoms with Crippen LogP contribution in [0.2, 0.25) is 0 Å². The molecule has 0 aliphatic carbocycles. The maximum Gasteiger partial charge on any atom is 0.164 e. The Balaban J connectivity index is 0. The second-order valence-electron chi connectivity index (χ2n) is 5.39. The molecular weight excluding hydrogens is 337 g/mol. The Labute approximate surface area is 125 Å². The first kappa shape index (κ1) is 17.1. The summed E-state index contributed by atoms with van der Waals surface area (Å²) in [6.07, 6.45) is 1.33. The molecule has 0 heterocycles. The van der Waals surface area contributed by atoms with E-state index in [2.05, 4.69) is 0 Å². The van der Waals surface area contributed by atoms with Gasteiger partial charge in [0.05, 0.1) is 0 Å². The van der Waals surface area contributed by atoms with Gasteiger partial charge in [0.15, 0.2) is 5.78 Å². The van der Waals surface area contributed by atoms with Gasteiger partial charge in [0, 0.05) is 63.8 Å². The quantitative estimate of drug-likeness (QED) is 0.578. The number of aliphatic hydroxyl groups excluding tert-OH is 1. The minimum Gasteiger partial charge on any atom is -0.512 e. The van der Waals surface area contributed by atoms with Crippen molar-refractivity contribution in [2.24, 2.45) is 10.8 Å². The SMILES string of the molecule is CC(C)(C)C(=O)/C=C(\O)C(C)(C)C.[Yb]. The first-order chi connectivity index (χ1) is 5.55. The molecule has 0 fully saturated rings. The van der Waals surface area contributed by atoms with Crippen LogP contribution in [0.3, 0.4) is 0 Å². The molecule has 0 unspecified atom stereocenters. The number of carbonyl (C=O) groups excluding carboxylic acids is 1. The van der Waals surface area contributed by atoms with Gasteiger partial charge in [-0.25, -0.2) is 0 Å². The molecule has 0 aliphatic heterocycles. The van der Waals surface area contributed by atoms with Crippen LogP contribution in [0.25, 0.3) is 0 Å². The van der Waals surface area contributed by atoms with Gasteiger partial charge in [0.25, 0.3) is 0 Å². The predicted octanol–water partition coefficient (Wildman–Crippen LogP) is 3.09. The number of hydrogen-bond acceptors (Lipinski definition) is 2. The van der Waals surface area contributed by atoms with Crippen molar-refractivity contribution in [3.05, 3.63) is 11.8 Å². The molecule has 0 radical (unpaired) electrons. The second-order valence-corrected chi connectivity index (χ2v) is 5.39. The monoisotopic (exact) mass is 358 g/mol. The van der Waals surface area contributed by atoms with Crippen molar-refractivity contribution in [1.29, 1.82) is 0 Å². The van der Waals surface area contributed by atoms with Crippen molar-refractivity contribution >= 4 is 5.78 Å². The van der Waals surface area contributed by atoms with E-state index in [1.165, 1.54) is 6.08 Å². The summed E-state index contributed by atoms with van der Waals surface area (Å²) in [5.74, 6) is 0.104. The molecule has 0 aliphatic rings. The zero-order valence-electron chi connectivity index (χ0n) is 9.70. The van der Waals surface area contributed by atoms with E-state index in [0.717, 1.165) is 0 Å². The van der Waals surface area contributed by atoms with Gasteiger partial charge in [0.1, 0.15) is 5.76 Å². The van der Waals surface area contributed by atoms with Gasteiger partial charge in [-0.3, -0.25) is 4.79 Å². The Bertz CT molecular complexity index is 229. The fourth-order valence-electron chi connectivity index (χ4n) is 0.557. The first-order valence-electron chi connectivity index (χ1n) is 4.51. The minimum absolute atomic E-state index is 0. The molecule has 14 heavy (non-hydrogen) atoms. The molecule has 0 spiro atoms. The van der Waals surface area contributed by atoms with Crippen LogP contribution in [-0.2, 0) is 4.79 Å². The van der Waals surface area contributed by atoms with Gasteiger partial charge in [0.2, 0.25) is 0 Å². The number of ketones is 1. The van der Waals surface area contributed by atoms with Gasteiger partial charge < -0.3 is 5.11 Å². The zero-order chi connectivity index (χ0) is 10.9. The summed E-state index contributed by atoms with van der Waals surface area (Å²) >= 11 is 0. The second kappa shape index (κ2) is 5.72. The molecule has 0 saturated heterocycles. The van der Waals surface area contributed by atoms with Gasteiger partial charge in [-0.1, -0.05) is 41.5 Å².